The van der Waals surface area contributed by atoms with E-state index in [1.165, 1.54) is 0 Å². The fourth-order valence-corrected chi connectivity index (χ4v) is 2.21. The Morgan fingerprint density at radius 2 is 2.26 bits per heavy atom. The zero-order chi connectivity index (χ0) is 13.7. The number of pyridine rings is 1. The van der Waals surface area contributed by atoms with Crippen LogP contribution in [0.2, 0.25) is 0 Å². The zero-order valence-corrected chi connectivity index (χ0v) is 10.6. The van der Waals surface area contributed by atoms with E-state index in [2.05, 4.69) is 15.6 Å². The number of hydrogen-bond donors (Lipinski definition) is 3. The molecule has 1 aromatic heterocycles. The van der Waals surface area contributed by atoms with Crippen LogP contribution in [-0.4, -0.2) is 29.4 Å². The highest BCUT2D eigenvalue weighted by atomic mass is 16.2. The van der Waals surface area contributed by atoms with Crippen molar-refractivity contribution in [3.05, 3.63) is 24.5 Å². The fourth-order valence-electron chi connectivity index (χ4n) is 2.21. The third-order valence-corrected chi connectivity index (χ3v) is 3.21. The van der Waals surface area contributed by atoms with Gasteiger partial charge in [-0.1, -0.05) is 0 Å². The molecule has 0 bridgehead atoms. The molecule has 2 amide bonds. The molecule has 19 heavy (non-hydrogen) atoms. The Bertz CT molecular complexity index is 449. The van der Waals surface area contributed by atoms with Gasteiger partial charge in [-0.2, -0.15) is 0 Å². The second kappa shape index (κ2) is 6.29. The Morgan fingerprint density at radius 1 is 1.42 bits per heavy atom. The van der Waals surface area contributed by atoms with Gasteiger partial charge in [0, 0.05) is 18.2 Å². The highest BCUT2D eigenvalue weighted by Crippen LogP contribution is 2.23. The highest BCUT2D eigenvalue weighted by Gasteiger charge is 2.27. The van der Waals surface area contributed by atoms with Crippen LogP contribution in [0.1, 0.15) is 19.3 Å². The number of carbonyl (C=O) groups is 2. The van der Waals surface area contributed by atoms with E-state index in [1.807, 2.05) is 0 Å². The Kier molecular flexibility index (Phi) is 4.46. The lowest BCUT2D eigenvalue weighted by atomic mass is 10.1. The van der Waals surface area contributed by atoms with Crippen molar-refractivity contribution >= 4 is 17.5 Å². The van der Waals surface area contributed by atoms with E-state index in [-0.39, 0.29) is 30.3 Å². The SMILES string of the molecule is NC1CCC(C(=O)NCC(=O)Nc2cccnc2)C1. The molecule has 1 saturated carbocycles. The summed E-state index contributed by atoms with van der Waals surface area (Å²) in [6.45, 7) is -0.0283. The fraction of sp³-hybridized carbons (Fsp3) is 0.462. The molecule has 1 fully saturated rings. The molecule has 1 heterocycles. The largest absolute Gasteiger partial charge is 0.347 e. The molecule has 2 atom stereocenters. The third-order valence-electron chi connectivity index (χ3n) is 3.21. The van der Waals surface area contributed by atoms with Crippen LogP contribution in [0.15, 0.2) is 24.5 Å². The van der Waals surface area contributed by atoms with Gasteiger partial charge in [0.25, 0.3) is 0 Å². The summed E-state index contributed by atoms with van der Waals surface area (Å²) in [5, 5.41) is 5.29. The molecule has 1 aliphatic rings. The molecule has 0 aromatic carbocycles. The first-order chi connectivity index (χ1) is 9.15. The number of nitrogens with zero attached hydrogens (tertiary/aromatic N) is 1. The average Bonchev–Trinajstić information content (AvgIpc) is 2.84. The van der Waals surface area contributed by atoms with Crippen molar-refractivity contribution in [1.82, 2.24) is 10.3 Å². The molecule has 4 N–H and O–H groups in total. The summed E-state index contributed by atoms with van der Waals surface area (Å²) in [5.74, 6) is -0.404. The van der Waals surface area contributed by atoms with E-state index in [0.29, 0.717) is 12.1 Å². The summed E-state index contributed by atoms with van der Waals surface area (Å²) < 4.78 is 0. The van der Waals surface area contributed by atoms with E-state index >= 15 is 0 Å². The predicted octanol–water partition coefficient (Wildman–Crippen LogP) is 0.264. The normalized spacial score (nSPS) is 21.9. The van der Waals surface area contributed by atoms with Crippen molar-refractivity contribution in [2.24, 2.45) is 11.7 Å². The van der Waals surface area contributed by atoms with E-state index in [4.69, 9.17) is 5.73 Å². The molecule has 102 valence electrons. The van der Waals surface area contributed by atoms with Crippen LogP contribution in [0.5, 0.6) is 0 Å². The van der Waals surface area contributed by atoms with E-state index in [0.717, 1.165) is 12.8 Å². The second-order valence-corrected chi connectivity index (χ2v) is 4.78. The maximum atomic E-state index is 11.8. The van der Waals surface area contributed by atoms with Gasteiger partial charge in [0.1, 0.15) is 0 Å². The minimum Gasteiger partial charge on any atom is -0.347 e. The Morgan fingerprint density at radius 3 is 2.89 bits per heavy atom. The summed E-state index contributed by atoms with van der Waals surface area (Å²) in [4.78, 5) is 27.3. The first-order valence-electron chi connectivity index (χ1n) is 6.38. The van der Waals surface area contributed by atoms with Gasteiger partial charge in [0.15, 0.2) is 0 Å². The number of aromatic nitrogens is 1. The second-order valence-electron chi connectivity index (χ2n) is 4.78. The van der Waals surface area contributed by atoms with E-state index < -0.39 is 0 Å². The minimum absolute atomic E-state index is 0.0283. The minimum atomic E-state index is -0.261. The van der Waals surface area contributed by atoms with Crippen LogP contribution in [0, 0.1) is 5.92 Å². The van der Waals surface area contributed by atoms with Crippen LogP contribution < -0.4 is 16.4 Å². The van der Waals surface area contributed by atoms with Gasteiger partial charge in [0.05, 0.1) is 18.4 Å². The van der Waals surface area contributed by atoms with Crippen molar-refractivity contribution in [2.45, 2.75) is 25.3 Å². The number of amides is 2. The Balaban J connectivity index is 1.73. The predicted molar refractivity (Wildman–Crippen MR) is 71.2 cm³/mol. The number of hydrogen-bond acceptors (Lipinski definition) is 4. The van der Waals surface area contributed by atoms with Gasteiger partial charge in [-0.15, -0.1) is 0 Å². The smallest absolute Gasteiger partial charge is 0.243 e. The summed E-state index contributed by atoms with van der Waals surface area (Å²) in [6, 6.07) is 3.58. The quantitative estimate of drug-likeness (QED) is 0.725. The molecule has 2 rings (SSSR count). The monoisotopic (exact) mass is 262 g/mol. The number of carbonyl (C=O) groups excluding carboxylic acids is 2. The van der Waals surface area contributed by atoms with Crippen LogP contribution in [0.4, 0.5) is 5.69 Å². The molecule has 0 saturated heterocycles. The molecular weight excluding hydrogens is 244 g/mol. The van der Waals surface area contributed by atoms with Gasteiger partial charge in [-0.3, -0.25) is 14.6 Å². The lowest BCUT2D eigenvalue weighted by Gasteiger charge is -2.10. The molecule has 2 unspecified atom stereocenters. The van der Waals surface area contributed by atoms with Gasteiger partial charge in [-0.05, 0) is 31.4 Å². The summed E-state index contributed by atoms with van der Waals surface area (Å²) in [5.41, 5.74) is 6.37. The Hall–Kier alpha value is -1.95. The topological polar surface area (TPSA) is 97.1 Å². The van der Waals surface area contributed by atoms with Gasteiger partial charge in [-0.25, -0.2) is 0 Å². The van der Waals surface area contributed by atoms with Crippen LogP contribution >= 0.6 is 0 Å². The van der Waals surface area contributed by atoms with Crippen LogP contribution in [-0.2, 0) is 9.59 Å². The van der Waals surface area contributed by atoms with Crippen molar-refractivity contribution in [3.63, 3.8) is 0 Å². The van der Waals surface area contributed by atoms with E-state index in [9.17, 15) is 9.59 Å². The lowest BCUT2D eigenvalue weighted by Crippen LogP contribution is -2.36. The molecule has 6 heteroatoms. The van der Waals surface area contributed by atoms with Gasteiger partial charge in [0.2, 0.25) is 11.8 Å². The summed E-state index contributed by atoms with van der Waals surface area (Å²) in [6.07, 6.45) is 5.56. The summed E-state index contributed by atoms with van der Waals surface area (Å²) >= 11 is 0. The number of nitrogens with one attached hydrogen (secondary N) is 2. The maximum absolute atomic E-state index is 11.8. The molecule has 0 radical (unpaired) electrons. The first-order valence-corrected chi connectivity index (χ1v) is 6.38. The van der Waals surface area contributed by atoms with Crippen LogP contribution in [0.3, 0.4) is 0 Å². The first kappa shape index (κ1) is 13.5. The van der Waals surface area contributed by atoms with Crippen molar-refractivity contribution in [1.29, 1.82) is 0 Å². The number of rotatable bonds is 4. The number of anilines is 1. The average molecular weight is 262 g/mol. The third kappa shape index (κ3) is 4.03. The molecule has 0 aliphatic heterocycles. The lowest BCUT2D eigenvalue weighted by molar-refractivity contribution is -0.127. The van der Waals surface area contributed by atoms with Crippen molar-refractivity contribution in [3.8, 4) is 0 Å². The molecule has 6 nitrogen and oxygen atoms in total. The number of nitrogens with two attached hydrogens (primary N) is 1. The summed E-state index contributed by atoms with van der Waals surface area (Å²) in [7, 11) is 0. The van der Waals surface area contributed by atoms with E-state index in [1.54, 1.807) is 24.5 Å². The van der Waals surface area contributed by atoms with Gasteiger partial charge >= 0.3 is 0 Å². The molecule has 1 aromatic rings. The standard InChI is InChI=1S/C13H18N4O2/c14-10-4-3-9(6-10)13(19)16-8-12(18)17-11-2-1-5-15-7-11/h1-2,5,7,9-10H,3-4,6,8,14H2,(H,16,19)(H,17,18). The van der Waals surface area contributed by atoms with Crippen molar-refractivity contribution < 1.29 is 9.59 Å². The zero-order valence-electron chi connectivity index (χ0n) is 10.6. The van der Waals surface area contributed by atoms with Crippen LogP contribution in [0.25, 0.3) is 0 Å². The Labute approximate surface area is 111 Å². The highest BCUT2D eigenvalue weighted by molar-refractivity contribution is 5.94. The maximum Gasteiger partial charge on any atom is 0.243 e. The van der Waals surface area contributed by atoms with Crippen molar-refractivity contribution in [2.75, 3.05) is 11.9 Å². The molecular formula is C13H18N4O2. The molecule has 0 spiro atoms. The molecule has 1 aliphatic carbocycles. The van der Waals surface area contributed by atoms with Gasteiger partial charge < -0.3 is 16.4 Å².